The van der Waals surface area contributed by atoms with Crippen molar-refractivity contribution in [1.82, 2.24) is 24.6 Å². The van der Waals surface area contributed by atoms with Crippen molar-refractivity contribution in [3.8, 4) is 16.9 Å². The molecule has 1 aliphatic heterocycles. The zero-order valence-corrected chi connectivity index (χ0v) is 18.8. The number of fused-ring (bicyclic) bond motifs is 1. The Kier molecular flexibility index (Phi) is 5.65. The minimum absolute atomic E-state index is 0.117. The van der Waals surface area contributed by atoms with Gasteiger partial charge in [-0.05, 0) is 44.5 Å². The van der Waals surface area contributed by atoms with Gasteiger partial charge in [-0.1, -0.05) is 0 Å². The van der Waals surface area contributed by atoms with Crippen molar-refractivity contribution in [3.05, 3.63) is 59.9 Å². The molecule has 0 spiro atoms. The fourth-order valence-electron chi connectivity index (χ4n) is 4.01. The van der Waals surface area contributed by atoms with Gasteiger partial charge in [0, 0.05) is 41.7 Å². The van der Waals surface area contributed by atoms with E-state index in [4.69, 9.17) is 9.47 Å². The van der Waals surface area contributed by atoms with E-state index in [0.29, 0.717) is 42.8 Å². The van der Waals surface area contributed by atoms with E-state index >= 15 is 0 Å². The lowest BCUT2D eigenvalue weighted by Gasteiger charge is -2.15. The van der Waals surface area contributed by atoms with Crippen molar-refractivity contribution in [3.63, 3.8) is 0 Å². The lowest BCUT2D eigenvalue weighted by atomic mass is 10.1. The topological polar surface area (TPSA) is 107 Å². The number of aryl methyl sites for hydroxylation is 3. The molecule has 5 rings (SSSR count). The van der Waals surface area contributed by atoms with Crippen LogP contribution in [0.3, 0.4) is 0 Å². The zero-order chi connectivity index (χ0) is 22.9. The van der Waals surface area contributed by atoms with Gasteiger partial charge in [-0.25, -0.2) is 14.5 Å². The van der Waals surface area contributed by atoms with Crippen LogP contribution in [-0.2, 0) is 4.74 Å². The fourth-order valence-corrected chi connectivity index (χ4v) is 4.01. The molecule has 1 aliphatic rings. The van der Waals surface area contributed by atoms with Crippen molar-refractivity contribution >= 4 is 17.2 Å². The summed E-state index contributed by atoms with van der Waals surface area (Å²) >= 11 is 0. The normalized spacial score (nSPS) is 18.1. The average molecular weight is 447 g/mol. The molecule has 0 unspecified atom stereocenters. The number of aliphatic hydroxyl groups excluding tert-OH is 1. The lowest BCUT2D eigenvalue weighted by Crippen LogP contribution is -2.17. The quantitative estimate of drug-likeness (QED) is 0.464. The Balaban J connectivity index is 1.41. The molecule has 0 aliphatic carbocycles. The van der Waals surface area contributed by atoms with Crippen molar-refractivity contribution in [2.75, 3.05) is 18.5 Å². The smallest absolute Gasteiger partial charge is 0.154 e. The van der Waals surface area contributed by atoms with Gasteiger partial charge in [0.15, 0.2) is 5.82 Å². The summed E-state index contributed by atoms with van der Waals surface area (Å²) in [5, 5.41) is 17.5. The molecule has 1 saturated heterocycles. The maximum Gasteiger partial charge on any atom is 0.154 e. The molecule has 5 heterocycles. The SMILES string of the molecule is Cc1cc(-c2ccn3nc(Nc4cc(C)nc(C)n4)cc3c2)c(OC[C@H]2C[C@H](O)CO2)cn1. The fraction of sp³-hybridized carbons (Fsp3) is 0.333. The third-order valence-corrected chi connectivity index (χ3v) is 5.48. The van der Waals surface area contributed by atoms with Gasteiger partial charge in [0.1, 0.15) is 24.0 Å². The van der Waals surface area contributed by atoms with E-state index in [1.165, 1.54) is 0 Å². The molecule has 0 saturated carbocycles. The monoisotopic (exact) mass is 446 g/mol. The van der Waals surface area contributed by atoms with Crippen LogP contribution in [0.1, 0.15) is 23.6 Å². The van der Waals surface area contributed by atoms with Crippen molar-refractivity contribution < 1.29 is 14.6 Å². The number of rotatable bonds is 6. The van der Waals surface area contributed by atoms with E-state index in [1.54, 1.807) is 6.20 Å². The molecule has 4 aromatic heterocycles. The van der Waals surface area contributed by atoms with E-state index in [0.717, 1.165) is 28.0 Å². The van der Waals surface area contributed by atoms with Crippen LogP contribution in [0.2, 0.25) is 0 Å². The summed E-state index contributed by atoms with van der Waals surface area (Å²) < 4.78 is 13.4. The van der Waals surface area contributed by atoms with Crippen LogP contribution in [0.15, 0.2) is 42.7 Å². The summed E-state index contributed by atoms with van der Waals surface area (Å²) in [6, 6.07) is 9.93. The van der Waals surface area contributed by atoms with Crippen LogP contribution in [0, 0.1) is 20.8 Å². The first-order valence-corrected chi connectivity index (χ1v) is 10.9. The molecule has 0 radical (unpaired) electrons. The van der Waals surface area contributed by atoms with Crippen molar-refractivity contribution in [2.24, 2.45) is 0 Å². The Morgan fingerprint density at radius 2 is 2.00 bits per heavy atom. The summed E-state index contributed by atoms with van der Waals surface area (Å²) in [6.45, 7) is 6.48. The molecular weight excluding hydrogens is 420 g/mol. The van der Waals surface area contributed by atoms with Crippen LogP contribution in [-0.4, -0.2) is 55.1 Å². The maximum atomic E-state index is 9.68. The van der Waals surface area contributed by atoms with Gasteiger partial charge >= 0.3 is 0 Å². The first-order valence-electron chi connectivity index (χ1n) is 10.9. The van der Waals surface area contributed by atoms with Gasteiger partial charge in [-0.3, -0.25) is 4.98 Å². The van der Waals surface area contributed by atoms with Crippen LogP contribution in [0.5, 0.6) is 5.75 Å². The van der Waals surface area contributed by atoms with E-state index in [2.05, 4.69) is 31.4 Å². The highest BCUT2D eigenvalue weighted by Gasteiger charge is 2.24. The number of aromatic nitrogens is 5. The summed E-state index contributed by atoms with van der Waals surface area (Å²) in [7, 11) is 0. The van der Waals surface area contributed by atoms with Gasteiger partial charge in [-0.2, -0.15) is 5.10 Å². The number of hydrogen-bond donors (Lipinski definition) is 2. The second kappa shape index (κ2) is 8.76. The number of nitrogens with zero attached hydrogens (tertiary/aromatic N) is 5. The van der Waals surface area contributed by atoms with Crippen LogP contribution in [0.25, 0.3) is 16.6 Å². The Morgan fingerprint density at radius 3 is 2.79 bits per heavy atom. The minimum Gasteiger partial charge on any atom is -0.489 e. The molecule has 1 fully saturated rings. The first kappa shape index (κ1) is 21.3. The van der Waals surface area contributed by atoms with Crippen LogP contribution < -0.4 is 10.1 Å². The van der Waals surface area contributed by atoms with E-state index in [-0.39, 0.29) is 6.10 Å². The zero-order valence-electron chi connectivity index (χ0n) is 18.8. The largest absolute Gasteiger partial charge is 0.489 e. The molecule has 0 bridgehead atoms. The maximum absolute atomic E-state index is 9.68. The van der Waals surface area contributed by atoms with Crippen LogP contribution in [0.4, 0.5) is 11.6 Å². The van der Waals surface area contributed by atoms with Gasteiger partial charge in [-0.15, -0.1) is 0 Å². The molecule has 0 amide bonds. The Bertz CT molecular complexity index is 1280. The average Bonchev–Trinajstić information content (AvgIpc) is 3.36. The Morgan fingerprint density at radius 1 is 1.12 bits per heavy atom. The Labute approximate surface area is 191 Å². The van der Waals surface area contributed by atoms with Gasteiger partial charge in [0.05, 0.1) is 30.5 Å². The molecule has 4 aromatic rings. The number of aliphatic hydroxyl groups is 1. The highest BCUT2D eigenvalue weighted by atomic mass is 16.5. The minimum atomic E-state index is -0.420. The van der Waals surface area contributed by atoms with Gasteiger partial charge in [0.2, 0.25) is 0 Å². The van der Waals surface area contributed by atoms with E-state index in [1.807, 2.05) is 55.7 Å². The molecule has 9 nitrogen and oxygen atoms in total. The third-order valence-electron chi connectivity index (χ3n) is 5.48. The summed E-state index contributed by atoms with van der Waals surface area (Å²) in [5.74, 6) is 2.80. The third kappa shape index (κ3) is 4.79. The predicted octanol–water partition coefficient (Wildman–Crippen LogP) is 3.38. The summed E-state index contributed by atoms with van der Waals surface area (Å²) in [5.41, 5.74) is 4.67. The number of pyridine rings is 2. The number of nitrogens with one attached hydrogen (secondary N) is 1. The van der Waals surface area contributed by atoms with Gasteiger partial charge < -0.3 is 19.9 Å². The van der Waals surface area contributed by atoms with Crippen LogP contribution >= 0.6 is 0 Å². The lowest BCUT2D eigenvalue weighted by molar-refractivity contribution is 0.0588. The standard InChI is InChI=1S/C24H26N6O3/c1-14-6-21(22(11-25-14)33-13-20-10-19(31)12-32-20)17-4-5-30-18(8-17)9-24(29-30)28-23-7-15(2)26-16(3)27-23/h4-9,11,19-20,31H,10,12-13H2,1-3H3,(H,26,27,28,29)/t19-,20+/m0/s1. The summed E-state index contributed by atoms with van der Waals surface area (Å²) in [6.07, 6.45) is 3.70. The van der Waals surface area contributed by atoms with E-state index < -0.39 is 6.10 Å². The first-order chi connectivity index (χ1) is 15.9. The van der Waals surface area contributed by atoms with Crippen molar-refractivity contribution in [2.45, 2.75) is 39.4 Å². The van der Waals surface area contributed by atoms with Gasteiger partial charge in [0.25, 0.3) is 0 Å². The molecule has 0 aromatic carbocycles. The molecule has 33 heavy (non-hydrogen) atoms. The highest BCUT2D eigenvalue weighted by molar-refractivity contribution is 5.75. The highest BCUT2D eigenvalue weighted by Crippen LogP contribution is 2.32. The van der Waals surface area contributed by atoms with Crippen molar-refractivity contribution in [1.29, 1.82) is 0 Å². The molecule has 2 N–H and O–H groups in total. The second-order valence-electron chi connectivity index (χ2n) is 8.36. The predicted molar refractivity (Wildman–Crippen MR) is 124 cm³/mol. The number of ether oxygens (including phenoxy) is 2. The second-order valence-corrected chi connectivity index (χ2v) is 8.36. The molecule has 170 valence electrons. The van der Waals surface area contributed by atoms with E-state index in [9.17, 15) is 5.11 Å². The molecular formula is C24H26N6O3. The number of anilines is 2. The summed E-state index contributed by atoms with van der Waals surface area (Å²) in [4.78, 5) is 13.1. The molecule has 2 atom stereocenters. The molecule has 9 heteroatoms. The number of hydrogen-bond acceptors (Lipinski definition) is 8. The Hall–Kier alpha value is -3.56.